The molecule has 1 unspecified atom stereocenters. The lowest BCUT2D eigenvalue weighted by Gasteiger charge is -2.35. The molecule has 22 heavy (non-hydrogen) atoms. The molecule has 1 aromatic carbocycles. The molecule has 0 spiro atoms. The highest BCUT2D eigenvalue weighted by Crippen LogP contribution is 2.42. The van der Waals surface area contributed by atoms with Crippen molar-refractivity contribution >= 4 is 5.78 Å². The van der Waals surface area contributed by atoms with E-state index in [4.69, 9.17) is 4.74 Å². The number of nitrogens with zero attached hydrogens (tertiary/aromatic N) is 1. The molecule has 1 fully saturated rings. The Balaban J connectivity index is 2.11. The van der Waals surface area contributed by atoms with Crippen LogP contribution in [0.3, 0.4) is 0 Å². The van der Waals surface area contributed by atoms with Gasteiger partial charge >= 0.3 is 0 Å². The number of rotatable bonds is 4. The highest BCUT2D eigenvalue weighted by atomic mass is 16.5. The summed E-state index contributed by atoms with van der Waals surface area (Å²) >= 11 is 0. The summed E-state index contributed by atoms with van der Waals surface area (Å²) in [6.07, 6.45) is 5.94. The van der Waals surface area contributed by atoms with Gasteiger partial charge in [0.05, 0.1) is 7.11 Å². The number of likely N-dealkylation sites (tertiary alicyclic amines) is 1. The zero-order valence-corrected chi connectivity index (χ0v) is 14.0. The maximum Gasteiger partial charge on any atom is 0.165 e. The summed E-state index contributed by atoms with van der Waals surface area (Å²) in [5, 5.41) is 0. The van der Waals surface area contributed by atoms with Gasteiger partial charge in [-0.3, -0.25) is 9.69 Å². The lowest BCUT2D eigenvalue weighted by Crippen LogP contribution is -2.31. The number of ether oxygens (including phenoxy) is 1. The second-order valence-electron chi connectivity index (χ2n) is 6.88. The SMILES string of the molecule is COc1ccc(C(=O)C(C)C)c2c1CCCC2N1CCCC1. The highest BCUT2D eigenvalue weighted by molar-refractivity contribution is 5.99. The molecular formula is C19H27NO2. The Bertz CT molecular complexity index is 559. The Morgan fingerprint density at radius 2 is 1.95 bits per heavy atom. The molecule has 1 aliphatic carbocycles. The predicted octanol–water partition coefficient (Wildman–Crippen LogP) is 4.01. The molecule has 1 atom stereocenters. The van der Waals surface area contributed by atoms with Gasteiger partial charge in [-0.05, 0) is 68.5 Å². The Labute approximate surface area is 133 Å². The smallest absolute Gasteiger partial charge is 0.165 e. The van der Waals surface area contributed by atoms with Crippen LogP contribution in [0.5, 0.6) is 5.75 Å². The molecule has 3 heteroatoms. The van der Waals surface area contributed by atoms with Crippen LogP contribution in [0.2, 0.25) is 0 Å². The first-order valence-electron chi connectivity index (χ1n) is 8.61. The van der Waals surface area contributed by atoms with Crippen molar-refractivity contribution in [2.75, 3.05) is 20.2 Å². The fraction of sp³-hybridized carbons (Fsp3) is 0.632. The van der Waals surface area contributed by atoms with Crippen LogP contribution in [0.4, 0.5) is 0 Å². The number of benzene rings is 1. The Morgan fingerprint density at radius 3 is 2.59 bits per heavy atom. The first-order chi connectivity index (χ1) is 10.6. The third kappa shape index (κ3) is 2.67. The van der Waals surface area contributed by atoms with Gasteiger partial charge in [-0.25, -0.2) is 0 Å². The zero-order valence-electron chi connectivity index (χ0n) is 14.0. The summed E-state index contributed by atoms with van der Waals surface area (Å²) in [6, 6.07) is 4.38. The highest BCUT2D eigenvalue weighted by Gasteiger charge is 2.33. The largest absolute Gasteiger partial charge is 0.496 e. The summed E-state index contributed by atoms with van der Waals surface area (Å²) in [6.45, 7) is 6.31. The van der Waals surface area contributed by atoms with Crippen molar-refractivity contribution in [3.05, 3.63) is 28.8 Å². The van der Waals surface area contributed by atoms with Crippen molar-refractivity contribution in [3.63, 3.8) is 0 Å². The molecule has 3 nitrogen and oxygen atoms in total. The van der Waals surface area contributed by atoms with Gasteiger partial charge < -0.3 is 4.74 Å². The van der Waals surface area contributed by atoms with E-state index < -0.39 is 0 Å². The lowest BCUT2D eigenvalue weighted by atomic mass is 9.81. The van der Waals surface area contributed by atoms with Gasteiger partial charge in [0.1, 0.15) is 5.75 Å². The van der Waals surface area contributed by atoms with Gasteiger partial charge in [0.25, 0.3) is 0 Å². The minimum atomic E-state index is 0.0404. The van der Waals surface area contributed by atoms with Crippen molar-refractivity contribution in [2.24, 2.45) is 5.92 Å². The van der Waals surface area contributed by atoms with Crippen LogP contribution in [0.1, 0.15) is 67.1 Å². The number of hydrogen-bond acceptors (Lipinski definition) is 3. The standard InChI is InChI=1S/C19H27NO2/c1-13(2)19(21)15-9-10-17(22-3)14-7-6-8-16(18(14)15)20-11-4-5-12-20/h9-10,13,16H,4-8,11-12H2,1-3H3. The van der Waals surface area contributed by atoms with Crippen molar-refractivity contribution < 1.29 is 9.53 Å². The van der Waals surface area contributed by atoms with Crippen molar-refractivity contribution in [2.45, 2.75) is 52.0 Å². The van der Waals surface area contributed by atoms with Crippen molar-refractivity contribution in [1.29, 1.82) is 0 Å². The number of methoxy groups -OCH3 is 1. The molecule has 1 heterocycles. The third-order valence-corrected chi connectivity index (χ3v) is 5.14. The molecule has 3 rings (SSSR count). The first kappa shape index (κ1) is 15.5. The molecule has 0 amide bonds. The molecule has 0 bridgehead atoms. The van der Waals surface area contributed by atoms with Crippen LogP contribution in [0, 0.1) is 5.92 Å². The monoisotopic (exact) mass is 301 g/mol. The Hall–Kier alpha value is -1.35. The molecule has 0 aromatic heterocycles. The summed E-state index contributed by atoms with van der Waals surface area (Å²) in [7, 11) is 1.74. The fourth-order valence-corrected chi connectivity index (χ4v) is 4.04. The van der Waals surface area contributed by atoms with Crippen molar-refractivity contribution in [1.82, 2.24) is 4.90 Å². The van der Waals surface area contributed by atoms with Crippen LogP contribution < -0.4 is 4.74 Å². The summed E-state index contributed by atoms with van der Waals surface area (Å²) < 4.78 is 5.59. The molecule has 0 N–H and O–H groups in total. The van der Waals surface area contributed by atoms with Gasteiger partial charge in [0.2, 0.25) is 0 Å². The minimum Gasteiger partial charge on any atom is -0.496 e. The normalized spacial score (nSPS) is 21.9. The second-order valence-corrected chi connectivity index (χ2v) is 6.88. The Morgan fingerprint density at radius 1 is 1.23 bits per heavy atom. The minimum absolute atomic E-state index is 0.0404. The van der Waals surface area contributed by atoms with E-state index in [9.17, 15) is 4.79 Å². The predicted molar refractivity (Wildman–Crippen MR) is 88.6 cm³/mol. The summed E-state index contributed by atoms with van der Waals surface area (Å²) in [4.78, 5) is 15.3. The molecule has 0 saturated carbocycles. The van der Waals surface area contributed by atoms with Gasteiger partial charge in [-0.15, -0.1) is 0 Å². The zero-order chi connectivity index (χ0) is 15.7. The van der Waals surface area contributed by atoms with E-state index >= 15 is 0 Å². The number of Topliss-reactive ketones (excluding diaryl/α,β-unsaturated/α-hetero) is 1. The average Bonchev–Trinajstić information content (AvgIpc) is 3.06. The third-order valence-electron chi connectivity index (χ3n) is 5.14. The Kier molecular flexibility index (Phi) is 4.53. The van der Waals surface area contributed by atoms with Crippen LogP contribution in [-0.4, -0.2) is 30.9 Å². The quantitative estimate of drug-likeness (QED) is 0.787. The number of ketones is 1. The number of fused-ring (bicyclic) bond motifs is 1. The van der Waals surface area contributed by atoms with Crippen LogP contribution in [0.15, 0.2) is 12.1 Å². The van der Waals surface area contributed by atoms with E-state index in [0.717, 1.165) is 30.8 Å². The topological polar surface area (TPSA) is 29.5 Å². The van der Waals surface area contributed by atoms with Gasteiger partial charge in [0, 0.05) is 17.5 Å². The number of carbonyl (C=O) groups is 1. The maximum absolute atomic E-state index is 12.7. The average molecular weight is 301 g/mol. The van der Waals surface area contributed by atoms with E-state index in [1.807, 2.05) is 26.0 Å². The van der Waals surface area contributed by atoms with Gasteiger partial charge in [-0.2, -0.15) is 0 Å². The van der Waals surface area contributed by atoms with Crippen molar-refractivity contribution in [3.8, 4) is 5.75 Å². The molecule has 2 aliphatic rings. The first-order valence-corrected chi connectivity index (χ1v) is 8.61. The van der Waals surface area contributed by atoms with Gasteiger partial charge in [0.15, 0.2) is 5.78 Å². The molecule has 120 valence electrons. The number of hydrogen-bond donors (Lipinski definition) is 0. The molecular weight excluding hydrogens is 274 g/mol. The van der Waals surface area contributed by atoms with E-state index in [1.165, 1.54) is 36.8 Å². The van der Waals surface area contributed by atoms with Gasteiger partial charge in [-0.1, -0.05) is 13.8 Å². The molecule has 0 radical (unpaired) electrons. The van der Waals surface area contributed by atoms with E-state index in [2.05, 4.69) is 4.90 Å². The molecule has 1 aromatic rings. The van der Waals surface area contributed by atoms with E-state index in [1.54, 1.807) is 7.11 Å². The second kappa shape index (κ2) is 6.41. The van der Waals surface area contributed by atoms with Crippen LogP contribution in [0.25, 0.3) is 0 Å². The maximum atomic E-state index is 12.7. The fourth-order valence-electron chi connectivity index (χ4n) is 4.04. The lowest BCUT2D eigenvalue weighted by molar-refractivity contribution is 0.0934. The molecule has 1 saturated heterocycles. The summed E-state index contributed by atoms with van der Waals surface area (Å²) in [5.41, 5.74) is 3.48. The van der Waals surface area contributed by atoms with Crippen LogP contribution in [-0.2, 0) is 6.42 Å². The summed E-state index contributed by atoms with van der Waals surface area (Å²) in [5.74, 6) is 1.27. The van der Waals surface area contributed by atoms with E-state index in [-0.39, 0.29) is 11.7 Å². The number of carbonyl (C=O) groups excluding carboxylic acids is 1. The van der Waals surface area contributed by atoms with Crippen LogP contribution >= 0.6 is 0 Å². The van der Waals surface area contributed by atoms with E-state index in [0.29, 0.717) is 6.04 Å². The molecule has 1 aliphatic heterocycles.